The largest absolute Gasteiger partial charge is 0.377 e. The molecule has 0 amide bonds. The molecule has 1 aliphatic carbocycles. The van der Waals surface area contributed by atoms with Gasteiger partial charge in [0.05, 0.1) is 16.0 Å². The molecule has 1 saturated carbocycles. The lowest BCUT2D eigenvalue weighted by atomic mass is 10.2. The van der Waals surface area contributed by atoms with Crippen molar-refractivity contribution in [3.63, 3.8) is 0 Å². The molecular formula is C12H14ClF2NO2S. The third-order valence-electron chi connectivity index (χ3n) is 3.34. The minimum atomic E-state index is -3.21. The van der Waals surface area contributed by atoms with Gasteiger partial charge in [0.2, 0.25) is 0 Å². The summed E-state index contributed by atoms with van der Waals surface area (Å²) in [6.45, 7) is 0. The number of halogens is 3. The number of nitrogens with one attached hydrogen (secondary N) is 1. The topological polar surface area (TPSA) is 46.2 Å². The van der Waals surface area contributed by atoms with Gasteiger partial charge in [-0.05, 0) is 25.3 Å². The van der Waals surface area contributed by atoms with E-state index in [9.17, 15) is 17.2 Å². The quantitative estimate of drug-likeness (QED) is 0.933. The molecule has 7 heteroatoms. The minimum absolute atomic E-state index is 0.0383. The van der Waals surface area contributed by atoms with Crippen molar-refractivity contribution in [2.24, 2.45) is 0 Å². The predicted octanol–water partition coefficient (Wildman–Crippen LogP) is 3.00. The van der Waals surface area contributed by atoms with Crippen LogP contribution in [0.5, 0.6) is 0 Å². The Labute approximate surface area is 115 Å². The van der Waals surface area contributed by atoms with Crippen molar-refractivity contribution in [2.45, 2.75) is 30.6 Å². The molecule has 1 fully saturated rings. The molecule has 0 aromatic heterocycles. The summed E-state index contributed by atoms with van der Waals surface area (Å²) in [5.74, 6) is -1.58. The number of hydrogen-bond acceptors (Lipinski definition) is 3. The summed E-state index contributed by atoms with van der Waals surface area (Å²) in [7, 11) is -3.21. The second-order valence-electron chi connectivity index (χ2n) is 4.79. The highest BCUT2D eigenvalue weighted by Crippen LogP contribution is 2.32. The molecule has 0 bridgehead atoms. The van der Waals surface area contributed by atoms with Crippen molar-refractivity contribution >= 4 is 27.1 Å². The Morgan fingerprint density at radius 3 is 2.58 bits per heavy atom. The Morgan fingerprint density at radius 1 is 1.32 bits per heavy atom. The summed E-state index contributed by atoms with van der Waals surface area (Å²) in [6, 6.07) is 1.32. The van der Waals surface area contributed by atoms with Gasteiger partial charge in [-0.15, -0.1) is 0 Å². The van der Waals surface area contributed by atoms with Gasteiger partial charge in [0, 0.05) is 18.4 Å². The first-order valence-corrected chi connectivity index (χ1v) is 8.22. The van der Waals surface area contributed by atoms with Crippen LogP contribution in [0.2, 0.25) is 5.02 Å². The normalized spacial score (nSPS) is 23.6. The summed E-state index contributed by atoms with van der Waals surface area (Å²) in [6.07, 6.45) is 3.07. The Bertz CT molecular complexity index is 568. The van der Waals surface area contributed by atoms with E-state index in [2.05, 4.69) is 5.32 Å². The van der Waals surface area contributed by atoms with Gasteiger partial charge in [-0.3, -0.25) is 0 Å². The average Bonchev–Trinajstić information content (AvgIpc) is 2.70. The number of benzene rings is 1. The maximum absolute atomic E-state index is 13.7. The van der Waals surface area contributed by atoms with Crippen molar-refractivity contribution in [1.82, 2.24) is 0 Å². The first kappa shape index (κ1) is 14.5. The van der Waals surface area contributed by atoms with Gasteiger partial charge in [0.25, 0.3) is 0 Å². The van der Waals surface area contributed by atoms with Crippen LogP contribution in [0.4, 0.5) is 14.5 Å². The molecule has 0 radical (unpaired) electrons. The Balaban J connectivity index is 2.27. The van der Waals surface area contributed by atoms with E-state index in [0.29, 0.717) is 12.8 Å². The van der Waals surface area contributed by atoms with E-state index in [1.54, 1.807) is 0 Å². The number of anilines is 1. The van der Waals surface area contributed by atoms with Gasteiger partial charge in [-0.25, -0.2) is 17.2 Å². The van der Waals surface area contributed by atoms with Gasteiger partial charge in [0.1, 0.15) is 5.82 Å². The number of hydrogen-bond donors (Lipinski definition) is 1. The van der Waals surface area contributed by atoms with Gasteiger partial charge >= 0.3 is 0 Å². The van der Waals surface area contributed by atoms with Crippen LogP contribution >= 0.6 is 11.6 Å². The molecule has 3 nitrogen and oxygen atoms in total. The number of rotatable bonds is 3. The summed E-state index contributed by atoms with van der Waals surface area (Å²) < 4.78 is 49.9. The fourth-order valence-electron chi connectivity index (χ4n) is 2.47. The van der Waals surface area contributed by atoms with E-state index in [0.717, 1.165) is 18.6 Å². The Morgan fingerprint density at radius 2 is 2.00 bits per heavy atom. The predicted molar refractivity (Wildman–Crippen MR) is 71.3 cm³/mol. The fourth-order valence-corrected chi connectivity index (χ4v) is 4.11. The lowest BCUT2D eigenvalue weighted by molar-refractivity contribution is 0.572. The van der Waals surface area contributed by atoms with Crippen molar-refractivity contribution in [2.75, 3.05) is 11.6 Å². The molecule has 1 aromatic rings. The third-order valence-corrected chi connectivity index (χ3v) is 5.30. The molecule has 0 aliphatic heterocycles. The van der Waals surface area contributed by atoms with E-state index in [1.165, 1.54) is 6.26 Å². The van der Waals surface area contributed by atoms with Gasteiger partial charge in [-0.2, -0.15) is 0 Å². The highest BCUT2D eigenvalue weighted by molar-refractivity contribution is 7.91. The van der Waals surface area contributed by atoms with E-state index in [4.69, 9.17) is 11.6 Å². The molecule has 19 heavy (non-hydrogen) atoms. The maximum Gasteiger partial charge on any atom is 0.152 e. The molecule has 2 unspecified atom stereocenters. The van der Waals surface area contributed by atoms with Crippen LogP contribution in [-0.4, -0.2) is 26.0 Å². The zero-order valence-corrected chi connectivity index (χ0v) is 11.9. The molecular weight excluding hydrogens is 296 g/mol. The molecule has 1 aromatic carbocycles. The maximum atomic E-state index is 13.7. The SMILES string of the molecule is CS(=O)(=O)C1CCCC1Nc1c(F)cc(F)cc1Cl. The molecule has 0 saturated heterocycles. The van der Waals surface area contributed by atoms with E-state index >= 15 is 0 Å². The van der Waals surface area contributed by atoms with Crippen LogP contribution in [0, 0.1) is 11.6 Å². The zero-order chi connectivity index (χ0) is 14.2. The Hall–Kier alpha value is -0.880. The van der Waals surface area contributed by atoms with Crippen LogP contribution in [0.15, 0.2) is 12.1 Å². The minimum Gasteiger partial charge on any atom is -0.377 e. The Kier molecular flexibility index (Phi) is 4.01. The number of sulfone groups is 1. The van der Waals surface area contributed by atoms with E-state index in [1.807, 2.05) is 0 Å². The zero-order valence-electron chi connectivity index (χ0n) is 10.3. The van der Waals surface area contributed by atoms with E-state index < -0.39 is 32.8 Å². The third kappa shape index (κ3) is 3.17. The summed E-state index contributed by atoms with van der Waals surface area (Å²) >= 11 is 5.78. The van der Waals surface area contributed by atoms with Crippen molar-refractivity contribution < 1.29 is 17.2 Å². The van der Waals surface area contributed by atoms with Crippen LogP contribution in [-0.2, 0) is 9.84 Å². The van der Waals surface area contributed by atoms with Gasteiger partial charge in [-0.1, -0.05) is 11.6 Å². The lowest BCUT2D eigenvalue weighted by Crippen LogP contribution is -2.34. The van der Waals surface area contributed by atoms with Crippen molar-refractivity contribution in [3.8, 4) is 0 Å². The highest BCUT2D eigenvalue weighted by atomic mass is 35.5. The summed E-state index contributed by atoms with van der Waals surface area (Å²) in [5, 5.41) is 2.16. The van der Waals surface area contributed by atoms with E-state index in [-0.39, 0.29) is 10.7 Å². The van der Waals surface area contributed by atoms with Gasteiger partial charge < -0.3 is 5.32 Å². The molecule has 2 rings (SSSR count). The van der Waals surface area contributed by atoms with Crippen LogP contribution < -0.4 is 5.32 Å². The standard InChI is InChI=1S/C12H14ClF2NO2S/c1-19(17,18)11-4-2-3-10(11)16-12-8(13)5-7(14)6-9(12)15/h5-6,10-11,16H,2-4H2,1H3. The molecule has 2 atom stereocenters. The first-order valence-electron chi connectivity index (χ1n) is 5.89. The monoisotopic (exact) mass is 309 g/mol. The van der Waals surface area contributed by atoms with Crippen LogP contribution in [0.1, 0.15) is 19.3 Å². The van der Waals surface area contributed by atoms with Crippen molar-refractivity contribution in [1.29, 1.82) is 0 Å². The second kappa shape index (κ2) is 5.25. The van der Waals surface area contributed by atoms with Gasteiger partial charge in [0.15, 0.2) is 15.7 Å². The fraction of sp³-hybridized carbons (Fsp3) is 0.500. The van der Waals surface area contributed by atoms with Crippen LogP contribution in [0.3, 0.4) is 0 Å². The molecule has 1 aliphatic rings. The molecule has 0 heterocycles. The highest BCUT2D eigenvalue weighted by Gasteiger charge is 2.35. The first-order chi connectivity index (χ1) is 8.79. The second-order valence-corrected chi connectivity index (χ2v) is 7.47. The smallest absolute Gasteiger partial charge is 0.152 e. The summed E-state index contributed by atoms with van der Waals surface area (Å²) in [4.78, 5) is 0. The molecule has 1 N–H and O–H groups in total. The molecule has 106 valence electrons. The van der Waals surface area contributed by atoms with Crippen molar-refractivity contribution in [3.05, 3.63) is 28.8 Å². The molecule has 0 spiro atoms. The summed E-state index contributed by atoms with van der Waals surface area (Å²) in [5.41, 5.74) is -0.0383. The lowest BCUT2D eigenvalue weighted by Gasteiger charge is -2.21. The van der Waals surface area contributed by atoms with Crippen LogP contribution in [0.25, 0.3) is 0 Å². The average molecular weight is 310 g/mol.